The molecule has 0 amide bonds. The van der Waals surface area contributed by atoms with Crippen molar-refractivity contribution in [3.63, 3.8) is 0 Å². The van der Waals surface area contributed by atoms with Crippen LogP contribution < -0.4 is 10.6 Å². The van der Waals surface area contributed by atoms with Crippen molar-refractivity contribution in [3.8, 4) is 0 Å². The molecule has 0 fully saturated rings. The first-order valence-corrected chi connectivity index (χ1v) is 5.73. The maximum atomic E-state index is 4.52. The Morgan fingerprint density at radius 1 is 1.13 bits per heavy atom. The van der Waals surface area contributed by atoms with Gasteiger partial charge in [0, 0.05) is 11.4 Å². The third kappa shape index (κ3) is 1.23. The Hall–Kier alpha value is -1.48. The van der Waals surface area contributed by atoms with Gasteiger partial charge in [0.1, 0.15) is 0 Å². The SMILES string of the molecule is Cc1cc2c(cc1C)=C(c1cncs1)N=2. The lowest BCUT2D eigenvalue weighted by Crippen LogP contribution is -2.35. The van der Waals surface area contributed by atoms with Gasteiger partial charge in [-0.1, -0.05) is 0 Å². The zero-order chi connectivity index (χ0) is 10.4. The fourth-order valence-electron chi connectivity index (χ4n) is 1.73. The minimum absolute atomic E-state index is 1.09. The molecule has 0 bridgehead atoms. The Morgan fingerprint density at radius 2 is 1.93 bits per heavy atom. The largest absolute Gasteiger partial charge is 0.252 e. The number of rotatable bonds is 1. The van der Waals surface area contributed by atoms with Crippen molar-refractivity contribution in [3.05, 3.63) is 50.4 Å². The predicted octanol–water partition coefficient (Wildman–Crippen LogP) is 1.55. The average Bonchev–Trinajstić information content (AvgIpc) is 2.70. The van der Waals surface area contributed by atoms with Gasteiger partial charge in [0.2, 0.25) is 0 Å². The molecular weight excluding hydrogens is 204 g/mol. The summed E-state index contributed by atoms with van der Waals surface area (Å²) >= 11 is 1.64. The summed E-state index contributed by atoms with van der Waals surface area (Å²) in [5.74, 6) is 0. The summed E-state index contributed by atoms with van der Waals surface area (Å²) in [5, 5.41) is 2.38. The fraction of sp³-hybridized carbons (Fsp3) is 0.167. The second kappa shape index (κ2) is 3.00. The van der Waals surface area contributed by atoms with Crippen LogP contribution in [0.5, 0.6) is 0 Å². The minimum atomic E-state index is 1.09. The van der Waals surface area contributed by atoms with Gasteiger partial charge in [-0.15, -0.1) is 11.3 Å². The second-order valence-corrected chi connectivity index (χ2v) is 4.67. The van der Waals surface area contributed by atoms with Crippen LogP contribution in [0.2, 0.25) is 0 Å². The van der Waals surface area contributed by atoms with Crippen molar-refractivity contribution in [1.29, 1.82) is 0 Å². The first-order chi connectivity index (χ1) is 7.25. The summed E-state index contributed by atoms with van der Waals surface area (Å²) in [5.41, 5.74) is 5.57. The van der Waals surface area contributed by atoms with Gasteiger partial charge in [0.05, 0.1) is 21.4 Å². The number of thiazole rings is 1. The van der Waals surface area contributed by atoms with Crippen molar-refractivity contribution < 1.29 is 0 Å². The van der Waals surface area contributed by atoms with E-state index in [2.05, 4.69) is 36.0 Å². The van der Waals surface area contributed by atoms with Crippen molar-refractivity contribution in [1.82, 2.24) is 4.98 Å². The van der Waals surface area contributed by atoms with Crippen molar-refractivity contribution in [2.75, 3.05) is 0 Å². The Balaban J connectivity index is 2.28. The summed E-state index contributed by atoms with van der Waals surface area (Å²) in [4.78, 5) is 9.75. The molecule has 2 aromatic rings. The number of hydrogen-bond acceptors (Lipinski definition) is 3. The molecule has 0 saturated carbocycles. The van der Waals surface area contributed by atoms with Gasteiger partial charge in [-0.3, -0.25) is 4.98 Å². The average molecular weight is 214 g/mol. The molecule has 3 heteroatoms. The van der Waals surface area contributed by atoms with E-state index in [1.165, 1.54) is 16.3 Å². The summed E-state index contributed by atoms with van der Waals surface area (Å²) in [6.07, 6.45) is 1.88. The molecule has 0 atom stereocenters. The zero-order valence-electron chi connectivity index (χ0n) is 8.61. The zero-order valence-corrected chi connectivity index (χ0v) is 9.43. The molecule has 1 aliphatic rings. The van der Waals surface area contributed by atoms with Crippen LogP contribution in [0.3, 0.4) is 0 Å². The van der Waals surface area contributed by atoms with Crippen molar-refractivity contribution in [2.24, 2.45) is 4.99 Å². The molecule has 74 valence electrons. The van der Waals surface area contributed by atoms with E-state index in [-0.39, 0.29) is 0 Å². The molecule has 2 nitrogen and oxygen atoms in total. The third-order valence-electron chi connectivity index (χ3n) is 2.77. The van der Waals surface area contributed by atoms with Gasteiger partial charge in [-0.25, -0.2) is 4.99 Å². The van der Waals surface area contributed by atoms with E-state index in [4.69, 9.17) is 0 Å². The fourth-order valence-corrected chi connectivity index (χ4v) is 2.36. The monoisotopic (exact) mass is 214 g/mol. The lowest BCUT2D eigenvalue weighted by molar-refractivity contribution is 1.16. The summed E-state index contributed by atoms with van der Waals surface area (Å²) in [7, 11) is 0. The van der Waals surface area contributed by atoms with Gasteiger partial charge in [-0.2, -0.15) is 0 Å². The smallest absolute Gasteiger partial charge is 0.0919 e. The molecule has 0 unspecified atom stereocenters. The minimum Gasteiger partial charge on any atom is -0.252 e. The van der Waals surface area contributed by atoms with Crippen LogP contribution in [0.4, 0.5) is 0 Å². The summed E-state index contributed by atoms with van der Waals surface area (Å²) < 4.78 is 0. The molecule has 0 saturated heterocycles. The van der Waals surface area contributed by atoms with E-state index in [9.17, 15) is 0 Å². The highest BCUT2D eigenvalue weighted by Gasteiger charge is 2.12. The topological polar surface area (TPSA) is 25.2 Å². The van der Waals surface area contributed by atoms with E-state index in [0.29, 0.717) is 0 Å². The number of aryl methyl sites for hydroxylation is 2. The molecule has 0 aliphatic carbocycles. The molecule has 0 radical (unpaired) electrons. The van der Waals surface area contributed by atoms with Crippen molar-refractivity contribution in [2.45, 2.75) is 13.8 Å². The van der Waals surface area contributed by atoms with E-state index >= 15 is 0 Å². The normalized spacial score (nSPS) is 13.1. The van der Waals surface area contributed by atoms with Crippen LogP contribution in [0.1, 0.15) is 16.0 Å². The highest BCUT2D eigenvalue weighted by Crippen LogP contribution is 2.18. The van der Waals surface area contributed by atoms with Crippen LogP contribution >= 0.6 is 11.3 Å². The maximum Gasteiger partial charge on any atom is 0.0919 e. The van der Waals surface area contributed by atoms with Gasteiger partial charge < -0.3 is 0 Å². The molecule has 0 N–H and O–H groups in total. The van der Waals surface area contributed by atoms with Crippen LogP contribution in [0, 0.1) is 13.8 Å². The second-order valence-electron chi connectivity index (χ2n) is 3.78. The first kappa shape index (κ1) is 8.80. The van der Waals surface area contributed by atoms with Crippen molar-refractivity contribution >= 4 is 17.0 Å². The van der Waals surface area contributed by atoms with E-state index in [0.717, 1.165) is 15.9 Å². The quantitative estimate of drug-likeness (QED) is 0.707. The number of nitrogens with zero attached hydrogens (tertiary/aromatic N) is 2. The van der Waals surface area contributed by atoms with Gasteiger partial charge >= 0.3 is 0 Å². The lowest BCUT2D eigenvalue weighted by atomic mass is 10.0. The number of benzene rings is 1. The highest BCUT2D eigenvalue weighted by atomic mass is 32.1. The Bertz CT molecular complexity index is 639. The van der Waals surface area contributed by atoms with Crippen LogP contribution in [-0.4, -0.2) is 4.98 Å². The van der Waals surface area contributed by atoms with Crippen LogP contribution in [-0.2, 0) is 0 Å². The summed E-state index contributed by atoms with van der Waals surface area (Å²) in [6, 6.07) is 4.36. The van der Waals surface area contributed by atoms with Gasteiger partial charge in [0.25, 0.3) is 0 Å². The maximum absolute atomic E-state index is 4.52. The Morgan fingerprint density at radius 3 is 2.67 bits per heavy atom. The number of aromatic nitrogens is 1. The predicted molar refractivity (Wildman–Crippen MR) is 61.3 cm³/mol. The molecule has 1 aliphatic heterocycles. The van der Waals surface area contributed by atoms with Gasteiger partial charge in [0.15, 0.2) is 0 Å². The Labute approximate surface area is 91.6 Å². The molecule has 1 aromatic carbocycles. The van der Waals surface area contributed by atoms with E-state index in [1.54, 1.807) is 11.3 Å². The highest BCUT2D eigenvalue weighted by molar-refractivity contribution is 7.10. The van der Waals surface area contributed by atoms with Crippen LogP contribution in [0.15, 0.2) is 28.8 Å². The van der Waals surface area contributed by atoms with Crippen LogP contribution in [0.25, 0.3) is 5.70 Å². The molecule has 0 spiro atoms. The number of fused-ring (bicyclic) bond motifs is 1. The number of hydrogen-bond donors (Lipinski definition) is 0. The first-order valence-electron chi connectivity index (χ1n) is 4.85. The molecular formula is C12H10N2S. The lowest BCUT2D eigenvalue weighted by Gasteiger charge is -2.10. The molecule has 2 heterocycles. The third-order valence-corrected chi connectivity index (χ3v) is 3.54. The molecule has 15 heavy (non-hydrogen) atoms. The van der Waals surface area contributed by atoms with E-state index < -0.39 is 0 Å². The standard InChI is InChI=1S/C12H10N2S/c1-7-3-9-10(4-8(7)2)14-12(9)11-5-13-6-15-11/h3-6H,1-2H3. The summed E-state index contributed by atoms with van der Waals surface area (Å²) in [6.45, 7) is 4.26. The Kier molecular flexibility index (Phi) is 1.76. The van der Waals surface area contributed by atoms with E-state index in [1.807, 2.05) is 11.7 Å². The molecule has 3 rings (SSSR count). The molecule has 1 aromatic heterocycles. The van der Waals surface area contributed by atoms with Gasteiger partial charge in [-0.05, 0) is 37.1 Å².